The van der Waals surface area contributed by atoms with Crippen LogP contribution in [0, 0.1) is 13.8 Å². The van der Waals surface area contributed by atoms with Gasteiger partial charge in [0.15, 0.2) is 0 Å². The number of anilines is 1. The van der Waals surface area contributed by atoms with Crippen molar-refractivity contribution in [3.8, 4) is 0 Å². The van der Waals surface area contributed by atoms with Crippen LogP contribution in [0.5, 0.6) is 0 Å². The fourth-order valence-electron chi connectivity index (χ4n) is 4.63. The van der Waals surface area contributed by atoms with Gasteiger partial charge in [-0.05, 0) is 59.5 Å². The van der Waals surface area contributed by atoms with E-state index in [1.165, 1.54) is 4.90 Å². The van der Waals surface area contributed by atoms with E-state index in [2.05, 4.69) is 0 Å². The predicted octanol–water partition coefficient (Wildman–Crippen LogP) is 6.08. The van der Waals surface area contributed by atoms with Gasteiger partial charge in [0, 0.05) is 11.3 Å². The molecule has 5 rings (SSSR count). The van der Waals surface area contributed by atoms with Crippen molar-refractivity contribution in [1.82, 2.24) is 0 Å². The van der Waals surface area contributed by atoms with Gasteiger partial charge in [-0.2, -0.15) is 0 Å². The molecular formula is C29H23NO3. The van der Waals surface area contributed by atoms with Crippen molar-refractivity contribution < 1.29 is 14.7 Å². The van der Waals surface area contributed by atoms with Gasteiger partial charge in [0.05, 0.1) is 11.6 Å². The quantitative estimate of drug-likeness (QED) is 0.242. The first kappa shape index (κ1) is 20.7. The smallest absolute Gasteiger partial charge is 0.300 e. The van der Waals surface area contributed by atoms with E-state index in [9.17, 15) is 14.7 Å². The van der Waals surface area contributed by atoms with E-state index in [1.807, 2.05) is 98.8 Å². The number of carbonyl (C=O) groups is 2. The number of amides is 1. The monoisotopic (exact) mass is 433 g/mol. The average molecular weight is 434 g/mol. The predicted molar refractivity (Wildman–Crippen MR) is 131 cm³/mol. The molecule has 162 valence electrons. The van der Waals surface area contributed by atoms with Gasteiger partial charge in [-0.3, -0.25) is 14.5 Å². The van der Waals surface area contributed by atoms with Gasteiger partial charge in [-0.1, -0.05) is 72.8 Å². The summed E-state index contributed by atoms with van der Waals surface area (Å²) in [5.74, 6) is -1.50. The Morgan fingerprint density at radius 1 is 0.758 bits per heavy atom. The maximum absolute atomic E-state index is 13.3. The Morgan fingerprint density at radius 3 is 2.09 bits per heavy atom. The number of rotatable bonds is 3. The molecular weight excluding hydrogens is 410 g/mol. The molecule has 1 amide bonds. The Morgan fingerprint density at radius 2 is 1.39 bits per heavy atom. The first-order valence-corrected chi connectivity index (χ1v) is 10.9. The molecule has 1 N–H and O–H groups in total. The van der Waals surface area contributed by atoms with Crippen LogP contribution in [0.4, 0.5) is 5.69 Å². The Balaban J connectivity index is 1.74. The highest BCUT2D eigenvalue weighted by Crippen LogP contribution is 2.42. The van der Waals surface area contributed by atoms with Crippen LogP contribution in [0.15, 0.2) is 96.6 Å². The molecule has 1 heterocycles. The van der Waals surface area contributed by atoms with Crippen LogP contribution in [-0.4, -0.2) is 16.8 Å². The first-order valence-electron chi connectivity index (χ1n) is 10.9. The molecule has 1 saturated heterocycles. The third-order valence-electron chi connectivity index (χ3n) is 6.07. The molecule has 4 heteroatoms. The summed E-state index contributed by atoms with van der Waals surface area (Å²) in [4.78, 5) is 28.1. The molecule has 0 saturated carbocycles. The van der Waals surface area contributed by atoms with Gasteiger partial charge in [0.1, 0.15) is 5.76 Å². The van der Waals surface area contributed by atoms with Crippen LogP contribution in [0.3, 0.4) is 0 Å². The zero-order valence-electron chi connectivity index (χ0n) is 18.4. The van der Waals surface area contributed by atoms with E-state index in [1.54, 1.807) is 6.07 Å². The van der Waals surface area contributed by atoms with Crippen LogP contribution in [0.25, 0.3) is 16.5 Å². The number of hydrogen-bond acceptors (Lipinski definition) is 3. The molecule has 4 aromatic rings. The number of ketones is 1. The molecule has 1 fully saturated rings. The van der Waals surface area contributed by atoms with Gasteiger partial charge in [-0.15, -0.1) is 0 Å². The van der Waals surface area contributed by atoms with Crippen molar-refractivity contribution in [2.45, 2.75) is 19.9 Å². The summed E-state index contributed by atoms with van der Waals surface area (Å²) in [7, 11) is 0. The molecule has 4 aromatic carbocycles. The van der Waals surface area contributed by atoms with E-state index >= 15 is 0 Å². The van der Waals surface area contributed by atoms with Crippen LogP contribution in [0.2, 0.25) is 0 Å². The normalized spacial score (nSPS) is 17.6. The Labute approximate surface area is 192 Å². The second-order valence-electron chi connectivity index (χ2n) is 8.49. The van der Waals surface area contributed by atoms with Gasteiger partial charge in [0.2, 0.25) is 0 Å². The van der Waals surface area contributed by atoms with Crippen molar-refractivity contribution in [3.05, 3.63) is 119 Å². The summed E-state index contributed by atoms with van der Waals surface area (Å²) in [5, 5.41) is 13.3. The Hall–Kier alpha value is -4.18. The highest BCUT2D eigenvalue weighted by Gasteiger charge is 2.47. The number of nitrogens with zero attached hydrogens (tertiary/aromatic N) is 1. The summed E-state index contributed by atoms with van der Waals surface area (Å²) >= 11 is 0. The third kappa shape index (κ3) is 3.60. The fraction of sp³-hybridized carbons (Fsp3) is 0.103. The van der Waals surface area contributed by atoms with Crippen LogP contribution in [0.1, 0.15) is 28.3 Å². The van der Waals surface area contributed by atoms with Crippen LogP contribution in [-0.2, 0) is 9.59 Å². The molecule has 1 unspecified atom stereocenters. The summed E-state index contributed by atoms with van der Waals surface area (Å²) < 4.78 is 0. The SMILES string of the molecule is Cc1cc(C)cc(N2C(=O)C(=O)/C(=C(\O)c3ccc4ccccc4c3)C2c2ccccc2)c1. The number of Topliss-reactive ketones (excluding diaryl/α,β-unsaturated/α-hetero) is 1. The van der Waals surface area contributed by atoms with Crippen molar-refractivity contribution in [1.29, 1.82) is 0 Å². The van der Waals surface area contributed by atoms with E-state index < -0.39 is 17.7 Å². The van der Waals surface area contributed by atoms with Crippen molar-refractivity contribution in [2.75, 3.05) is 4.90 Å². The zero-order chi connectivity index (χ0) is 23.1. The van der Waals surface area contributed by atoms with Gasteiger partial charge >= 0.3 is 0 Å². The molecule has 0 radical (unpaired) electrons. The number of hydrogen-bond donors (Lipinski definition) is 1. The molecule has 33 heavy (non-hydrogen) atoms. The minimum absolute atomic E-state index is 0.0978. The standard InChI is InChI=1S/C29H23NO3/c1-18-14-19(2)16-24(15-18)30-26(21-9-4-3-5-10-21)25(28(32)29(30)33)27(31)23-13-12-20-8-6-7-11-22(20)17-23/h3-17,26,31H,1-2H3/b27-25-. The van der Waals surface area contributed by atoms with Gasteiger partial charge < -0.3 is 5.11 Å². The molecule has 1 atom stereocenters. The lowest BCUT2D eigenvalue weighted by Gasteiger charge is -2.26. The molecule has 1 aliphatic heterocycles. The molecule has 0 aromatic heterocycles. The van der Waals surface area contributed by atoms with Gasteiger partial charge in [0.25, 0.3) is 11.7 Å². The van der Waals surface area contributed by atoms with Crippen molar-refractivity contribution in [2.24, 2.45) is 0 Å². The topological polar surface area (TPSA) is 57.6 Å². The third-order valence-corrected chi connectivity index (χ3v) is 6.07. The number of carbonyl (C=O) groups excluding carboxylic acids is 2. The maximum atomic E-state index is 13.3. The fourth-order valence-corrected chi connectivity index (χ4v) is 4.63. The second-order valence-corrected chi connectivity index (χ2v) is 8.49. The number of benzene rings is 4. The minimum Gasteiger partial charge on any atom is -0.507 e. The summed E-state index contributed by atoms with van der Waals surface area (Å²) in [6.45, 7) is 3.92. The Kier molecular flexibility index (Phi) is 5.06. The zero-order valence-corrected chi connectivity index (χ0v) is 18.4. The van der Waals surface area contributed by atoms with E-state index in [-0.39, 0.29) is 11.3 Å². The number of aryl methyl sites for hydroxylation is 2. The second kappa shape index (κ2) is 8.06. The molecule has 4 nitrogen and oxygen atoms in total. The number of aliphatic hydroxyl groups is 1. The van der Waals surface area contributed by atoms with Crippen molar-refractivity contribution in [3.63, 3.8) is 0 Å². The summed E-state index contributed by atoms with van der Waals surface area (Å²) in [6, 6.07) is 27.8. The van der Waals surface area contributed by atoms with E-state index in [0.29, 0.717) is 11.3 Å². The molecule has 0 bridgehead atoms. The first-order chi connectivity index (χ1) is 15.9. The number of aliphatic hydroxyl groups excluding tert-OH is 1. The lowest BCUT2D eigenvalue weighted by molar-refractivity contribution is -0.132. The van der Waals surface area contributed by atoms with Crippen LogP contribution < -0.4 is 4.90 Å². The molecule has 1 aliphatic rings. The summed E-state index contributed by atoms with van der Waals surface area (Å²) in [5.41, 5.74) is 3.99. The largest absolute Gasteiger partial charge is 0.507 e. The molecule has 0 spiro atoms. The highest BCUT2D eigenvalue weighted by molar-refractivity contribution is 6.51. The van der Waals surface area contributed by atoms with E-state index in [4.69, 9.17) is 0 Å². The number of fused-ring (bicyclic) bond motifs is 1. The van der Waals surface area contributed by atoms with Crippen molar-refractivity contribution >= 4 is 33.9 Å². The van der Waals surface area contributed by atoms with Crippen LogP contribution >= 0.6 is 0 Å². The average Bonchev–Trinajstić information content (AvgIpc) is 3.08. The Bertz CT molecular complexity index is 1420. The van der Waals surface area contributed by atoms with Gasteiger partial charge in [-0.25, -0.2) is 0 Å². The van der Waals surface area contributed by atoms with E-state index in [0.717, 1.165) is 27.5 Å². The maximum Gasteiger partial charge on any atom is 0.300 e. The lowest BCUT2D eigenvalue weighted by atomic mass is 9.94. The highest BCUT2D eigenvalue weighted by atomic mass is 16.3. The lowest BCUT2D eigenvalue weighted by Crippen LogP contribution is -2.29. The molecule has 0 aliphatic carbocycles. The summed E-state index contributed by atoms with van der Waals surface area (Å²) in [6.07, 6.45) is 0. The minimum atomic E-state index is -0.723.